The van der Waals surface area contributed by atoms with Gasteiger partial charge in [0.1, 0.15) is 6.33 Å². The van der Waals surface area contributed by atoms with Crippen LogP contribution in [-0.4, -0.2) is 59.3 Å². The van der Waals surface area contributed by atoms with Gasteiger partial charge in [-0.3, -0.25) is 9.52 Å². The summed E-state index contributed by atoms with van der Waals surface area (Å²) in [6, 6.07) is 14.5. The number of carbonyl (C=O) groups excluding carboxylic acids is 1. The number of rotatable bonds is 7. The Bertz CT molecular complexity index is 1430. The van der Waals surface area contributed by atoms with Crippen LogP contribution in [0.3, 0.4) is 0 Å². The number of halogens is 1. The Labute approximate surface area is 212 Å². The number of aryl methyl sites for hydroxylation is 1. The number of sulfonamides is 1. The maximum atomic E-state index is 12.8. The predicted octanol–water partition coefficient (Wildman–Crippen LogP) is 3.69. The quantitative estimate of drug-likeness (QED) is 0.391. The number of aromatic nitrogens is 3. The summed E-state index contributed by atoms with van der Waals surface area (Å²) in [5.74, 6) is 0.123. The number of nitrogens with zero attached hydrogens (tertiary/aromatic N) is 5. The second-order valence-electron chi connectivity index (χ2n) is 8.18. The molecule has 1 saturated heterocycles. The lowest BCUT2D eigenvalue weighted by molar-refractivity contribution is -0.131. The van der Waals surface area contributed by atoms with Crippen molar-refractivity contribution in [2.45, 2.75) is 17.9 Å². The number of hydrogen-bond donors (Lipinski definition) is 1. The van der Waals surface area contributed by atoms with Crippen molar-refractivity contribution in [1.29, 1.82) is 0 Å². The second kappa shape index (κ2) is 9.84. The van der Waals surface area contributed by atoms with Crippen molar-refractivity contribution in [3.05, 3.63) is 66.1 Å². The van der Waals surface area contributed by atoms with Crippen LogP contribution in [-0.2, 0) is 21.4 Å². The Morgan fingerprint density at radius 2 is 1.83 bits per heavy atom. The number of piperazine rings is 1. The first-order valence-electron chi connectivity index (χ1n) is 11.1. The molecule has 1 fully saturated rings. The Hall–Kier alpha value is -3.15. The van der Waals surface area contributed by atoms with Crippen LogP contribution in [0.1, 0.15) is 6.42 Å². The molecule has 12 heteroatoms. The summed E-state index contributed by atoms with van der Waals surface area (Å²) in [7, 11) is -3.71. The van der Waals surface area contributed by atoms with E-state index in [9.17, 15) is 13.2 Å². The average Bonchev–Trinajstić information content (AvgIpc) is 3.52. The molecule has 0 atom stereocenters. The highest BCUT2D eigenvalue weighted by molar-refractivity contribution is 7.93. The van der Waals surface area contributed by atoms with Gasteiger partial charge in [-0.25, -0.2) is 13.4 Å². The topological polar surface area (TPSA) is 100 Å². The smallest absolute Gasteiger partial charge is 0.263 e. The van der Waals surface area contributed by atoms with E-state index in [1.807, 2.05) is 35.4 Å². The van der Waals surface area contributed by atoms with Gasteiger partial charge in [0.15, 0.2) is 0 Å². The van der Waals surface area contributed by atoms with E-state index >= 15 is 0 Å². The molecule has 4 aromatic rings. The highest BCUT2D eigenvalue weighted by atomic mass is 35.5. The van der Waals surface area contributed by atoms with Crippen LogP contribution in [0.2, 0.25) is 5.02 Å². The van der Waals surface area contributed by atoms with E-state index in [2.05, 4.69) is 23.5 Å². The molecule has 1 amide bonds. The maximum Gasteiger partial charge on any atom is 0.263 e. The Morgan fingerprint density at radius 3 is 2.54 bits per heavy atom. The molecule has 0 radical (unpaired) electrons. The monoisotopic (exact) mass is 530 g/mol. The molecule has 1 aliphatic rings. The van der Waals surface area contributed by atoms with Crippen molar-refractivity contribution < 1.29 is 13.2 Å². The second-order valence-corrected chi connectivity index (χ2v) is 11.1. The molecule has 2 aromatic heterocycles. The summed E-state index contributed by atoms with van der Waals surface area (Å²) >= 11 is 7.10. The van der Waals surface area contributed by atoms with Gasteiger partial charge in [0.25, 0.3) is 10.0 Å². The standard InChI is InChI=1S/C23H23ClN6O3S2/c24-18-2-1-17-7-9-29(21(17)15-18)10-8-22(31)30-13-11-28(12-14-30)19-3-5-20(6-4-19)35(32,33)27-23-25-16-26-34-23/h1-7,9,15-16H,8,10-14H2,(H,25,26,27). The van der Waals surface area contributed by atoms with Crippen molar-refractivity contribution in [1.82, 2.24) is 18.8 Å². The molecule has 0 spiro atoms. The van der Waals surface area contributed by atoms with Gasteiger partial charge in [0, 0.05) is 73.1 Å². The summed E-state index contributed by atoms with van der Waals surface area (Å²) in [5, 5.41) is 2.01. The van der Waals surface area contributed by atoms with Crippen molar-refractivity contribution in [3.8, 4) is 0 Å². The molecule has 5 rings (SSSR count). The van der Waals surface area contributed by atoms with Crippen molar-refractivity contribution in [2.24, 2.45) is 0 Å². The molecule has 35 heavy (non-hydrogen) atoms. The minimum Gasteiger partial charge on any atom is -0.368 e. The van der Waals surface area contributed by atoms with Crippen LogP contribution in [0.4, 0.5) is 10.8 Å². The van der Waals surface area contributed by atoms with Crippen LogP contribution >= 0.6 is 23.1 Å². The van der Waals surface area contributed by atoms with Crippen LogP contribution < -0.4 is 9.62 Å². The third kappa shape index (κ3) is 5.26. The normalized spacial score (nSPS) is 14.4. The Morgan fingerprint density at radius 1 is 1.06 bits per heavy atom. The summed E-state index contributed by atoms with van der Waals surface area (Å²) in [4.78, 5) is 20.9. The summed E-state index contributed by atoms with van der Waals surface area (Å²) in [6.07, 6.45) is 3.71. The first-order valence-corrected chi connectivity index (χ1v) is 13.7. The average molecular weight is 531 g/mol. The first kappa shape index (κ1) is 23.6. The van der Waals surface area contributed by atoms with Gasteiger partial charge in [-0.1, -0.05) is 17.7 Å². The fourth-order valence-electron chi connectivity index (χ4n) is 4.17. The van der Waals surface area contributed by atoms with E-state index in [0.29, 0.717) is 44.2 Å². The Kier molecular flexibility index (Phi) is 6.63. The van der Waals surface area contributed by atoms with E-state index in [4.69, 9.17) is 11.6 Å². The molecule has 3 heterocycles. The van der Waals surface area contributed by atoms with Crippen LogP contribution in [0, 0.1) is 0 Å². The van der Waals surface area contributed by atoms with E-state index in [0.717, 1.165) is 28.1 Å². The van der Waals surface area contributed by atoms with Crippen molar-refractivity contribution >= 4 is 60.8 Å². The molecular weight excluding hydrogens is 508 g/mol. The molecule has 1 aliphatic heterocycles. The number of nitrogens with one attached hydrogen (secondary N) is 1. The Balaban J connectivity index is 1.15. The highest BCUT2D eigenvalue weighted by Crippen LogP contribution is 2.23. The number of amides is 1. The lowest BCUT2D eigenvalue weighted by Gasteiger charge is -2.36. The summed E-state index contributed by atoms with van der Waals surface area (Å²) < 4.78 is 33.3. The molecule has 0 unspecified atom stereocenters. The maximum absolute atomic E-state index is 12.8. The van der Waals surface area contributed by atoms with Gasteiger partial charge < -0.3 is 14.4 Å². The first-order chi connectivity index (χ1) is 16.9. The summed E-state index contributed by atoms with van der Waals surface area (Å²) in [5.41, 5.74) is 1.95. The molecule has 0 aliphatic carbocycles. The fourth-order valence-corrected chi connectivity index (χ4v) is 6.00. The molecule has 1 N–H and O–H groups in total. The number of benzene rings is 2. The largest absolute Gasteiger partial charge is 0.368 e. The molecule has 2 aromatic carbocycles. The van der Waals surface area contributed by atoms with Gasteiger partial charge in [0.05, 0.1) is 4.90 Å². The zero-order valence-electron chi connectivity index (χ0n) is 18.7. The number of anilines is 2. The number of fused-ring (bicyclic) bond motifs is 1. The van der Waals surface area contributed by atoms with Crippen LogP contribution in [0.25, 0.3) is 10.9 Å². The molecular formula is C23H23ClN6O3S2. The van der Waals surface area contributed by atoms with Crippen LogP contribution in [0.5, 0.6) is 0 Å². The van der Waals surface area contributed by atoms with Gasteiger partial charge in [-0.05, 0) is 47.9 Å². The summed E-state index contributed by atoms with van der Waals surface area (Å²) in [6.45, 7) is 3.21. The fraction of sp³-hybridized carbons (Fsp3) is 0.261. The van der Waals surface area contributed by atoms with E-state index in [1.165, 1.54) is 6.33 Å². The molecule has 182 valence electrons. The third-order valence-corrected chi connectivity index (χ3v) is 8.33. The zero-order chi connectivity index (χ0) is 24.4. The van der Waals surface area contributed by atoms with E-state index in [-0.39, 0.29) is 15.9 Å². The molecule has 0 bridgehead atoms. The highest BCUT2D eigenvalue weighted by Gasteiger charge is 2.22. The van der Waals surface area contributed by atoms with E-state index in [1.54, 1.807) is 24.3 Å². The number of hydrogen-bond acceptors (Lipinski definition) is 7. The predicted molar refractivity (Wildman–Crippen MR) is 138 cm³/mol. The van der Waals surface area contributed by atoms with E-state index < -0.39 is 10.0 Å². The van der Waals surface area contributed by atoms with Gasteiger partial charge in [0.2, 0.25) is 11.0 Å². The van der Waals surface area contributed by atoms with Crippen molar-refractivity contribution in [3.63, 3.8) is 0 Å². The molecule has 9 nitrogen and oxygen atoms in total. The molecule has 0 saturated carbocycles. The minimum atomic E-state index is -3.71. The zero-order valence-corrected chi connectivity index (χ0v) is 21.1. The van der Waals surface area contributed by atoms with Gasteiger partial charge >= 0.3 is 0 Å². The van der Waals surface area contributed by atoms with Gasteiger partial charge in [-0.15, -0.1) is 0 Å². The SMILES string of the molecule is O=C(CCn1ccc2ccc(Cl)cc21)N1CCN(c2ccc(S(=O)(=O)Nc3ncns3)cc2)CC1. The lowest BCUT2D eigenvalue weighted by atomic mass is 10.2. The van der Waals surface area contributed by atoms with Crippen molar-refractivity contribution in [2.75, 3.05) is 35.8 Å². The van der Waals surface area contributed by atoms with Gasteiger partial charge in [-0.2, -0.15) is 4.37 Å². The number of carbonyl (C=O) groups is 1. The minimum absolute atomic E-state index is 0.123. The lowest BCUT2D eigenvalue weighted by Crippen LogP contribution is -2.49. The third-order valence-electron chi connectivity index (χ3n) is 6.03. The van der Waals surface area contributed by atoms with Crippen LogP contribution in [0.15, 0.2) is 66.0 Å².